The van der Waals surface area contributed by atoms with Gasteiger partial charge in [0.05, 0.1) is 25.4 Å². The van der Waals surface area contributed by atoms with E-state index < -0.39 is 12.1 Å². The number of unbranched alkanes of at least 4 members (excludes halogenated alkanes) is 37. The third-order valence-corrected chi connectivity index (χ3v) is 12.1. The molecule has 0 aromatic rings. The van der Waals surface area contributed by atoms with Crippen LogP contribution in [0.4, 0.5) is 0 Å². The van der Waals surface area contributed by atoms with Crippen LogP contribution >= 0.6 is 0 Å². The van der Waals surface area contributed by atoms with E-state index in [4.69, 9.17) is 4.74 Å². The number of carbonyl (C=O) groups excluding carboxylic acids is 2. The number of esters is 1. The van der Waals surface area contributed by atoms with Crippen molar-refractivity contribution in [2.45, 2.75) is 296 Å². The van der Waals surface area contributed by atoms with Gasteiger partial charge in [-0.15, -0.1) is 0 Å². The van der Waals surface area contributed by atoms with Crippen LogP contribution < -0.4 is 5.32 Å². The van der Waals surface area contributed by atoms with E-state index in [9.17, 15) is 19.8 Å². The Morgan fingerprint density at radius 1 is 0.466 bits per heavy atom. The molecule has 344 valence electrons. The number of aliphatic hydroxyl groups is 2. The molecule has 0 aromatic carbocycles. The summed E-state index contributed by atoms with van der Waals surface area (Å²) in [4.78, 5) is 24.4. The first-order chi connectivity index (χ1) is 28.5. The monoisotopic (exact) mass is 820 g/mol. The highest BCUT2D eigenvalue weighted by molar-refractivity contribution is 5.76. The molecule has 0 bridgehead atoms. The SMILES string of the molecule is CCCCCCCCCCCCC/C=C/C(O)C(CO)NC(=O)CCCCCCCCCCCCCCCCOC(=O)CCCCCCCCCCCCCCCC. The Bertz CT molecular complexity index is 863. The second kappa shape index (κ2) is 48.3. The largest absolute Gasteiger partial charge is 0.466 e. The number of amides is 1. The minimum atomic E-state index is -0.849. The van der Waals surface area contributed by atoms with Gasteiger partial charge in [0.15, 0.2) is 0 Å². The van der Waals surface area contributed by atoms with Crippen LogP contribution in [0.1, 0.15) is 284 Å². The maximum atomic E-state index is 12.4. The number of rotatable bonds is 48. The van der Waals surface area contributed by atoms with Crippen molar-refractivity contribution in [2.75, 3.05) is 13.2 Å². The van der Waals surface area contributed by atoms with Crippen molar-refractivity contribution < 1.29 is 24.5 Å². The molecule has 0 spiro atoms. The molecule has 2 unspecified atom stereocenters. The van der Waals surface area contributed by atoms with Gasteiger partial charge in [-0.2, -0.15) is 0 Å². The van der Waals surface area contributed by atoms with Crippen LogP contribution in [0.5, 0.6) is 0 Å². The maximum absolute atomic E-state index is 12.4. The Labute approximate surface area is 361 Å². The van der Waals surface area contributed by atoms with E-state index in [2.05, 4.69) is 19.2 Å². The predicted octanol–water partition coefficient (Wildman–Crippen LogP) is 15.3. The van der Waals surface area contributed by atoms with Crippen LogP contribution in [0.2, 0.25) is 0 Å². The fourth-order valence-corrected chi connectivity index (χ4v) is 8.05. The molecule has 6 heteroatoms. The highest BCUT2D eigenvalue weighted by Crippen LogP contribution is 2.16. The molecule has 2 atom stereocenters. The number of ether oxygens (including phenoxy) is 1. The molecule has 0 aliphatic carbocycles. The number of aliphatic hydroxyl groups excluding tert-OH is 2. The molecule has 58 heavy (non-hydrogen) atoms. The normalized spacial score (nSPS) is 12.7. The molecule has 0 aliphatic heterocycles. The molecule has 0 fully saturated rings. The summed E-state index contributed by atoms with van der Waals surface area (Å²) in [6.07, 6.45) is 54.9. The van der Waals surface area contributed by atoms with Crippen LogP contribution in [0, 0.1) is 0 Å². The van der Waals surface area contributed by atoms with Gasteiger partial charge in [-0.1, -0.05) is 251 Å². The summed E-state index contributed by atoms with van der Waals surface area (Å²) in [6.45, 7) is 4.88. The van der Waals surface area contributed by atoms with Crippen LogP contribution in [0.15, 0.2) is 12.2 Å². The Morgan fingerprint density at radius 3 is 1.17 bits per heavy atom. The summed E-state index contributed by atoms with van der Waals surface area (Å²) in [5.74, 6) is -0.0791. The van der Waals surface area contributed by atoms with Crippen LogP contribution in [-0.2, 0) is 14.3 Å². The summed E-state index contributed by atoms with van der Waals surface area (Å²) in [5.41, 5.74) is 0. The Kier molecular flexibility index (Phi) is 47.1. The van der Waals surface area contributed by atoms with Crippen molar-refractivity contribution in [1.82, 2.24) is 5.32 Å². The fraction of sp³-hybridized carbons (Fsp3) is 0.923. The van der Waals surface area contributed by atoms with Gasteiger partial charge in [-0.25, -0.2) is 0 Å². The summed E-state index contributed by atoms with van der Waals surface area (Å²) in [6, 6.07) is -0.633. The second-order valence-corrected chi connectivity index (χ2v) is 17.9. The smallest absolute Gasteiger partial charge is 0.305 e. The molecule has 0 radical (unpaired) electrons. The average Bonchev–Trinajstić information content (AvgIpc) is 3.22. The first-order valence-corrected chi connectivity index (χ1v) is 26.0. The molecular formula is C52H101NO5. The molecule has 0 aromatic heterocycles. The molecule has 0 saturated carbocycles. The van der Waals surface area contributed by atoms with Gasteiger partial charge >= 0.3 is 5.97 Å². The standard InChI is InChI=1S/C52H101NO5/c1-3-5-7-9-11-13-15-17-22-26-30-34-38-42-46-52(57)58-47-43-39-35-31-27-23-19-18-21-25-29-33-37-41-45-51(56)53-49(48-54)50(55)44-40-36-32-28-24-20-16-14-12-10-8-6-4-2/h40,44,49-50,54-55H,3-39,41-43,45-48H2,1-2H3,(H,53,56)/b44-40+. The third-order valence-electron chi connectivity index (χ3n) is 12.1. The van der Waals surface area contributed by atoms with E-state index in [1.165, 1.54) is 199 Å². The number of hydrogen-bond donors (Lipinski definition) is 3. The zero-order chi connectivity index (χ0) is 42.3. The molecule has 6 nitrogen and oxygen atoms in total. The highest BCUT2D eigenvalue weighted by Gasteiger charge is 2.18. The predicted molar refractivity (Wildman–Crippen MR) is 250 cm³/mol. The van der Waals surface area contributed by atoms with Gasteiger partial charge in [0, 0.05) is 12.8 Å². The van der Waals surface area contributed by atoms with E-state index in [1.54, 1.807) is 6.08 Å². The molecule has 0 rings (SSSR count). The van der Waals surface area contributed by atoms with E-state index in [-0.39, 0.29) is 18.5 Å². The fourth-order valence-electron chi connectivity index (χ4n) is 8.05. The van der Waals surface area contributed by atoms with E-state index in [0.717, 1.165) is 57.8 Å². The lowest BCUT2D eigenvalue weighted by molar-refractivity contribution is -0.143. The van der Waals surface area contributed by atoms with E-state index >= 15 is 0 Å². The lowest BCUT2D eigenvalue weighted by atomic mass is 10.0. The van der Waals surface area contributed by atoms with Gasteiger partial charge in [0.1, 0.15) is 0 Å². The number of allylic oxidation sites excluding steroid dienone is 1. The van der Waals surface area contributed by atoms with Crippen LogP contribution in [-0.4, -0.2) is 47.4 Å². The zero-order valence-corrected chi connectivity index (χ0v) is 39.0. The molecule has 0 heterocycles. The summed E-state index contributed by atoms with van der Waals surface area (Å²) in [7, 11) is 0. The van der Waals surface area contributed by atoms with E-state index in [1.807, 2.05) is 6.08 Å². The van der Waals surface area contributed by atoms with Crippen molar-refractivity contribution in [3.05, 3.63) is 12.2 Å². The van der Waals surface area contributed by atoms with Crippen molar-refractivity contribution in [2.24, 2.45) is 0 Å². The summed E-state index contributed by atoms with van der Waals surface area (Å²) in [5, 5.41) is 23.0. The topological polar surface area (TPSA) is 95.9 Å². The Hall–Kier alpha value is -1.40. The minimum absolute atomic E-state index is 0.00117. The molecular weight excluding hydrogens is 719 g/mol. The summed E-state index contributed by atoms with van der Waals surface area (Å²) < 4.78 is 5.46. The number of hydrogen-bond acceptors (Lipinski definition) is 5. The van der Waals surface area contributed by atoms with Gasteiger partial charge in [0.2, 0.25) is 5.91 Å². The zero-order valence-electron chi connectivity index (χ0n) is 39.0. The van der Waals surface area contributed by atoms with Crippen LogP contribution in [0.25, 0.3) is 0 Å². The van der Waals surface area contributed by atoms with Crippen LogP contribution in [0.3, 0.4) is 0 Å². The van der Waals surface area contributed by atoms with Gasteiger partial charge in [-0.3, -0.25) is 9.59 Å². The van der Waals surface area contributed by atoms with Crippen molar-refractivity contribution in [3.63, 3.8) is 0 Å². The van der Waals surface area contributed by atoms with Gasteiger partial charge in [0.25, 0.3) is 0 Å². The van der Waals surface area contributed by atoms with Crippen molar-refractivity contribution in [3.8, 4) is 0 Å². The minimum Gasteiger partial charge on any atom is -0.466 e. The highest BCUT2D eigenvalue weighted by atomic mass is 16.5. The first kappa shape index (κ1) is 56.6. The third kappa shape index (κ3) is 44.2. The Morgan fingerprint density at radius 2 is 0.793 bits per heavy atom. The molecule has 0 saturated heterocycles. The number of carbonyl (C=O) groups is 2. The Balaban J connectivity index is 3.45. The van der Waals surface area contributed by atoms with Gasteiger partial charge < -0.3 is 20.3 Å². The summed E-state index contributed by atoms with van der Waals surface area (Å²) >= 11 is 0. The maximum Gasteiger partial charge on any atom is 0.305 e. The second-order valence-electron chi connectivity index (χ2n) is 17.9. The lowest BCUT2D eigenvalue weighted by Crippen LogP contribution is -2.45. The van der Waals surface area contributed by atoms with Gasteiger partial charge in [-0.05, 0) is 32.1 Å². The average molecular weight is 820 g/mol. The molecule has 1 amide bonds. The lowest BCUT2D eigenvalue weighted by Gasteiger charge is -2.20. The number of nitrogens with one attached hydrogen (secondary N) is 1. The molecule has 3 N–H and O–H groups in total. The first-order valence-electron chi connectivity index (χ1n) is 26.0. The van der Waals surface area contributed by atoms with Crippen molar-refractivity contribution >= 4 is 11.9 Å². The van der Waals surface area contributed by atoms with E-state index in [0.29, 0.717) is 19.4 Å². The van der Waals surface area contributed by atoms with Crippen molar-refractivity contribution in [1.29, 1.82) is 0 Å². The quantitative estimate of drug-likeness (QED) is 0.0323. The molecule has 0 aliphatic rings.